The molecule has 0 radical (unpaired) electrons. The van der Waals surface area contributed by atoms with E-state index in [2.05, 4.69) is 16.7 Å². The zero-order valence-electron chi connectivity index (χ0n) is 19.0. The Morgan fingerprint density at radius 3 is 2.59 bits per heavy atom. The number of amides is 1. The molecule has 0 bridgehead atoms. The molecule has 2 aromatic rings. The normalized spacial score (nSPS) is 20.1. The molecule has 0 saturated carbocycles. The number of pyridine rings is 1. The molecular formula is C23H29N5O2S2. The molecule has 4 heterocycles. The third-order valence-corrected chi connectivity index (χ3v) is 7.64. The predicted octanol–water partition coefficient (Wildman–Crippen LogP) is 3.14. The van der Waals surface area contributed by atoms with Gasteiger partial charge in [-0.25, -0.2) is 4.98 Å². The Morgan fingerprint density at radius 2 is 1.94 bits per heavy atom. The molecule has 1 atom stereocenters. The molecule has 7 nitrogen and oxygen atoms in total. The second kappa shape index (κ2) is 9.33. The molecule has 2 aromatic heterocycles. The van der Waals surface area contributed by atoms with Crippen LogP contribution in [0.2, 0.25) is 0 Å². The molecule has 0 aliphatic carbocycles. The lowest BCUT2D eigenvalue weighted by atomic mass is 10.2. The molecule has 0 aromatic carbocycles. The highest BCUT2D eigenvalue weighted by molar-refractivity contribution is 8.26. The van der Waals surface area contributed by atoms with Crippen LogP contribution in [0.15, 0.2) is 28.0 Å². The van der Waals surface area contributed by atoms with Crippen molar-refractivity contribution in [2.24, 2.45) is 0 Å². The molecule has 1 unspecified atom stereocenters. The van der Waals surface area contributed by atoms with E-state index in [1.807, 2.05) is 32.9 Å². The maximum absolute atomic E-state index is 13.6. The predicted molar refractivity (Wildman–Crippen MR) is 135 cm³/mol. The van der Waals surface area contributed by atoms with Crippen molar-refractivity contribution in [3.05, 3.63) is 44.7 Å². The first-order valence-electron chi connectivity index (χ1n) is 11.1. The Kier molecular flexibility index (Phi) is 6.69. The summed E-state index contributed by atoms with van der Waals surface area (Å²) < 4.78 is 2.11. The fraction of sp³-hybridized carbons (Fsp3) is 0.478. The Hall–Kier alpha value is -2.23. The van der Waals surface area contributed by atoms with Crippen LogP contribution in [0.4, 0.5) is 5.82 Å². The van der Waals surface area contributed by atoms with Crippen LogP contribution in [0, 0.1) is 6.92 Å². The summed E-state index contributed by atoms with van der Waals surface area (Å²) in [6, 6.07) is 3.82. The van der Waals surface area contributed by atoms with E-state index < -0.39 is 0 Å². The molecular weight excluding hydrogens is 442 g/mol. The third-order valence-electron chi connectivity index (χ3n) is 6.31. The monoisotopic (exact) mass is 471 g/mol. The first-order valence-corrected chi connectivity index (χ1v) is 12.3. The molecule has 1 amide bonds. The van der Waals surface area contributed by atoms with Gasteiger partial charge in [-0.15, -0.1) is 0 Å². The van der Waals surface area contributed by atoms with Gasteiger partial charge in [0.05, 0.1) is 10.5 Å². The highest BCUT2D eigenvalue weighted by Crippen LogP contribution is 2.35. The minimum Gasteiger partial charge on any atom is -0.353 e. The van der Waals surface area contributed by atoms with Crippen LogP contribution in [-0.4, -0.2) is 68.2 Å². The SMILES string of the molecule is CCC(C)N1C(=O)/C(=C/c2c(N3CCN(CC)CC3)nc3c(C)cccn3c2=O)SC1=S. The number of fused-ring (bicyclic) bond motifs is 1. The number of carbonyl (C=O) groups excluding carboxylic acids is 1. The topological polar surface area (TPSA) is 61.2 Å². The van der Waals surface area contributed by atoms with Crippen LogP contribution in [0.5, 0.6) is 0 Å². The second-order valence-electron chi connectivity index (χ2n) is 8.27. The molecule has 4 rings (SSSR count). The maximum Gasteiger partial charge on any atom is 0.267 e. The van der Waals surface area contributed by atoms with Crippen LogP contribution < -0.4 is 10.5 Å². The molecule has 2 aliphatic rings. The summed E-state index contributed by atoms with van der Waals surface area (Å²) in [7, 11) is 0. The third kappa shape index (κ3) is 4.09. The highest BCUT2D eigenvalue weighted by Gasteiger charge is 2.35. The minimum absolute atomic E-state index is 0.0217. The standard InChI is InChI=1S/C23H29N5O2S2/c1-5-16(4)28-22(30)18(32-23(28)31)14-17-20(26-12-10-25(6-2)11-13-26)24-19-15(3)8-7-9-27(19)21(17)29/h7-9,14,16H,5-6,10-13H2,1-4H3/b18-14-. The molecule has 0 N–H and O–H groups in total. The van der Waals surface area contributed by atoms with Crippen LogP contribution >= 0.6 is 24.0 Å². The summed E-state index contributed by atoms with van der Waals surface area (Å²) in [6.45, 7) is 12.5. The van der Waals surface area contributed by atoms with Crippen molar-refractivity contribution in [1.82, 2.24) is 19.2 Å². The van der Waals surface area contributed by atoms with E-state index in [0.29, 0.717) is 26.3 Å². The lowest BCUT2D eigenvalue weighted by Gasteiger charge is -2.35. The Bertz CT molecular complexity index is 1150. The largest absolute Gasteiger partial charge is 0.353 e. The van der Waals surface area contributed by atoms with E-state index in [4.69, 9.17) is 17.2 Å². The number of piperazine rings is 1. The van der Waals surface area contributed by atoms with Gasteiger partial charge in [0.15, 0.2) is 0 Å². The van der Waals surface area contributed by atoms with Crippen molar-refractivity contribution in [3.63, 3.8) is 0 Å². The van der Waals surface area contributed by atoms with Crippen molar-refractivity contribution in [2.75, 3.05) is 37.6 Å². The molecule has 32 heavy (non-hydrogen) atoms. The molecule has 9 heteroatoms. The zero-order chi connectivity index (χ0) is 23.0. The lowest BCUT2D eigenvalue weighted by molar-refractivity contribution is -0.123. The van der Waals surface area contributed by atoms with Crippen molar-refractivity contribution >= 4 is 51.7 Å². The van der Waals surface area contributed by atoms with Gasteiger partial charge >= 0.3 is 0 Å². The minimum atomic E-state index is -0.166. The quantitative estimate of drug-likeness (QED) is 0.490. The van der Waals surface area contributed by atoms with E-state index in [1.165, 1.54) is 11.8 Å². The van der Waals surface area contributed by atoms with E-state index >= 15 is 0 Å². The van der Waals surface area contributed by atoms with Gasteiger partial charge in [0, 0.05) is 38.4 Å². The molecule has 170 valence electrons. The number of hydrogen-bond acceptors (Lipinski definition) is 7. The summed E-state index contributed by atoms with van der Waals surface area (Å²) in [5, 5.41) is 0. The number of hydrogen-bond donors (Lipinski definition) is 0. The number of likely N-dealkylation sites (N-methyl/N-ethyl adjacent to an activating group) is 1. The van der Waals surface area contributed by atoms with E-state index in [0.717, 1.165) is 44.7 Å². The summed E-state index contributed by atoms with van der Waals surface area (Å²) in [4.78, 5) is 38.3. The van der Waals surface area contributed by atoms with Crippen LogP contribution in [0.1, 0.15) is 38.3 Å². The zero-order valence-corrected chi connectivity index (χ0v) is 20.6. The van der Waals surface area contributed by atoms with Gasteiger partial charge in [0.1, 0.15) is 15.8 Å². The van der Waals surface area contributed by atoms with E-state index in [1.54, 1.807) is 21.6 Å². The summed E-state index contributed by atoms with van der Waals surface area (Å²) in [5.41, 5.74) is 1.87. The Balaban J connectivity index is 1.84. The van der Waals surface area contributed by atoms with Gasteiger partial charge in [0.25, 0.3) is 11.5 Å². The fourth-order valence-electron chi connectivity index (χ4n) is 4.12. The average Bonchev–Trinajstić information content (AvgIpc) is 3.08. The van der Waals surface area contributed by atoms with Gasteiger partial charge in [0.2, 0.25) is 0 Å². The molecule has 2 saturated heterocycles. The van der Waals surface area contributed by atoms with Crippen molar-refractivity contribution in [2.45, 2.75) is 40.2 Å². The smallest absolute Gasteiger partial charge is 0.267 e. The lowest BCUT2D eigenvalue weighted by Crippen LogP contribution is -2.47. The highest BCUT2D eigenvalue weighted by atomic mass is 32.2. The van der Waals surface area contributed by atoms with Gasteiger partial charge in [-0.3, -0.25) is 18.9 Å². The second-order valence-corrected chi connectivity index (χ2v) is 9.95. The maximum atomic E-state index is 13.6. The molecule has 2 aliphatic heterocycles. The Labute approximate surface area is 198 Å². The number of carbonyl (C=O) groups is 1. The van der Waals surface area contributed by atoms with Gasteiger partial charge in [-0.05, 0) is 44.5 Å². The van der Waals surface area contributed by atoms with E-state index in [9.17, 15) is 9.59 Å². The van der Waals surface area contributed by atoms with Crippen molar-refractivity contribution in [1.29, 1.82) is 0 Å². The number of anilines is 1. The number of rotatable bonds is 5. The number of aryl methyl sites for hydroxylation is 1. The first-order chi connectivity index (χ1) is 15.3. The van der Waals surface area contributed by atoms with Crippen LogP contribution in [-0.2, 0) is 4.79 Å². The molecule has 2 fully saturated rings. The summed E-state index contributed by atoms with van der Waals surface area (Å²) in [5.74, 6) is 0.513. The van der Waals surface area contributed by atoms with Crippen molar-refractivity contribution < 1.29 is 4.79 Å². The van der Waals surface area contributed by atoms with Crippen LogP contribution in [0.3, 0.4) is 0 Å². The number of thiocarbonyl (C=S) groups is 1. The van der Waals surface area contributed by atoms with Gasteiger partial charge in [-0.1, -0.05) is 43.9 Å². The summed E-state index contributed by atoms with van der Waals surface area (Å²) >= 11 is 6.74. The van der Waals surface area contributed by atoms with E-state index in [-0.39, 0.29) is 17.5 Å². The van der Waals surface area contributed by atoms with Gasteiger partial charge in [-0.2, -0.15) is 0 Å². The average molecular weight is 472 g/mol. The fourth-order valence-corrected chi connectivity index (χ4v) is 5.56. The number of aromatic nitrogens is 2. The van der Waals surface area contributed by atoms with Gasteiger partial charge < -0.3 is 9.80 Å². The number of thioether (sulfide) groups is 1. The van der Waals surface area contributed by atoms with Crippen molar-refractivity contribution in [3.8, 4) is 0 Å². The molecule has 0 spiro atoms. The van der Waals surface area contributed by atoms with Crippen LogP contribution in [0.25, 0.3) is 11.7 Å². The first kappa shape index (κ1) is 22.9. The Morgan fingerprint density at radius 1 is 1.22 bits per heavy atom. The summed E-state index contributed by atoms with van der Waals surface area (Å²) in [6.07, 6.45) is 4.25. The number of nitrogens with zero attached hydrogens (tertiary/aromatic N) is 5.